The van der Waals surface area contributed by atoms with Crippen molar-refractivity contribution in [2.45, 2.75) is 52.2 Å². The van der Waals surface area contributed by atoms with Crippen LogP contribution >= 0.6 is 0 Å². The second-order valence-corrected chi connectivity index (χ2v) is 5.13. The minimum absolute atomic E-state index is 0.00532. The van der Waals surface area contributed by atoms with Crippen molar-refractivity contribution >= 4 is 0 Å². The van der Waals surface area contributed by atoms with Crippen molar-refractivity contribution in [3.63, 3.8) is 0 Å². The van der Waals surface area contributed by atoms with Crippen molar-refractivity contribution < 1.29 is 4.74 Å². The molecule has 3 nitrogen and oxygen atoms in total. The Bertz CT molecular complexity index is 363. The van der Waals surface area contributed by atoms with Crippen molar-refractivity contribution in [3.8, 4) is 0 Å². The van der Waals surface area contributed by atoms with Gasteiger partial charge >= 0.3 is 0 Å². The normalized spacial score (nSPS) is 13.6. The predicted octanol–water partition coefficient (Wildman–Crippen LogP) is 2.96. The molecule has 1 aromatic carbocycles. The van der Waals surface area contributed by atoms with E-state index in [9.17, 15) is 0 Å². The molecule has 0 saturated carbocycles. The van der Waals surface area contributed by atoms with E-state index in [0.717, 1.165) is 12.8 Å². The van der Waals surface area contributed by atoms with Gasteiger partial charge in [0, 0.05) is 6.61 Å². The topological polar surface area (TPSA) is 47.3 Å². The standard InChI is InChI=1S/C15H26N2O/c1-5-8-12-9-7-10-13(11-12)14(17-16)15(3,4)18-6-2/h7,9-11,14,17H,5-6,8,16H2,1-4H3. The van der Waals surface area contributed by atoms with Crippen LogP contribution in [0.1, 0.15) is 51.3 Å². The molecule has 1 aromatic rings. The predicted molar refractivity (Wildman–Crippen MR) is 76.2 cm³/mol. The molecule has 0 aromatic heterocycles. The first kappa shape index (κ1) is 15.2. The smallest absolute Gasteiger partial charge is 0.0833 e. The van der Waals surface area contributed by atoms with Gasteiger partial charge in [0.15, 0.2) is 0 Å². The van der Waals surface area contributed by atoms with Crippen LogP contribution in [0.4, 0.5) is 0 Å². The molecule has 0 aliphatic heterocycles. The largest absolute Gasteiger partial charge is 0.374 e. The number of nitrogens with one attached hydrogen (secondary N) is 1. The van der Waals surface area contributed by atoms with E-state index in [2.05, 4.69) is 50.5 Å². The van der Waals surface area contributed by atoms with Gasteiger partial charge in [-0.2, -0.15) is 0 Å². The van der Waals surface area contributed by atoms with E-state index in [1.165, 1.54) is 11.1 Å². The quantitative estimate of drug-likeness (QED) is 0.578. The molecule has 0 heterocycles. The molecule has 0 fully saturated rings. The summed E-state index contributed by atoms with van der Waals surface area (Å²) in [7, 11) is 0. The summed E-state index contributed by atoms with van der Waals surface area (Å²) in [5, 5.41) is 0. The van der Waals surface area contributed by atoms with Gasteiger partial charge in [-0.3, -0.25) is 11.3 Å². The Morgan fingerprint density at radius 3 is 2.61 bits per heavy atom. The van der Waals surface area contributed by atoms with Gasteiger partial charge in [0.2, 0.25) is 0 Å². The molecule has 1 rings (SSSR count). The number of hydrazine groups is 1. The van der Waals surface area contributed by atoms with Gasteiger partial charge in [-0.15, -0.1) is 0 Å². The minimum atomic E-state index is -0.325. The molecule has 0 radical (unpaired) electrons. The number of benzene rings is 1. The first-order valence-corrected chi connectivity index (χ1v) is 6.74. The van der Waals surface area contributed by atoms with Crippen molar-refractivity contribution in [2.24, 2.45) is 5.84 Å². The molecule has 1 atom stereocenters. The molecule has 0 bridgehead atoms. The van der Waals surface area contributed by atoms with Crippen LogP contribution in [-0.2, 0) is 11.2 Å². The van der Waals surface area contributed by atoms with E-state index < -0.39 is 0 Å². The summed E-state index contributed by atoms with van der Waals surface area (Å²) >= 11 is 0. The Labute approximate surface area is 111 Å². The SMILES string of the molecule is CCCc1cccc(C(NN)C(C)(C)OCC)c1. The number of hydrogen-bond donors (Lipinski definition) is 2. The van der Waals surface area contributed by atoms with Gasteiger partial charge in [0.1, 0.15) is 0 Å². The summed E-state index contributed by atoms with van der Waals surface area (Å²) in [6.07, 6.45) is 2.25. The fraction of sp³-hybridized carbons (Fsp3) is 0.600. The number of rotatable bonds is 7. The molecular weight excluding hydrogens is 224 g/mol. The van der Waals surface area contributed by atoms with Gasteiger partial charge in [0.25, 0.3) is 0 Å². The van der Waals surface area contributed by atoms with Gasteiger partial charge in [-0.25, -0.2) is 0 Å². The third-order valence-electron chi connectivity index (χ3n) is 3.20. The van der Waals surface area contributed by atoms with E-state index in [1.807, 2.05) is 6.92 Å². The first-order valence-electron chi connectivity index (χ1n) is 6.74. The highest BCUT2D eigenvalue weighted by atomic mass is 16.5. The second-order valence-electron chi connectivity index (χ2n) is 5.13. The summed E-state index contributed by atoms with van der Waals surface area (Å²) < 4.78 is 5.79. The molecule has 102 valence electrons. The van der Waals surface area contributed by atoms with Gasteiger partial charge in [0.05, 0.1) is 11.6 Å². The second kappa shape index (κ2) is 6.88. The molecule has 0 saturated heterocycles. The highest BCUT2D eigenvalue weighted by molar-refractivity contribution is 5.28. The Balaban J connectivity index is 2.97. The fourth-order valence-corrected chi connectivity index (χ4v) is 2.37. The molecule has 3 N–H and O–H groups in total. The number of nitrogens with two attached hydrogens (primary N) is 1. The lowest BCUT2D eigenvalue weighted by Crippen LogP contribution is -2.44. The molecule has 0 spiro atoms. The third-order valence-corrected chi connectivity index (χ3v) is 3.20. The Hall–Kier alpha value is -0.900. The summed E-state index contributed by atoms with van der Waals surface area (Å²) in [5.41, 5.74) is 5.09. The fourth-order valence-electron chi connectivity index (χ4n) is 2.37. The van der Waals surface area contributed by atoms with Crippen molar-refractivity contribution in [2.75, 3.05) is 6.61 Å². The van der Waals surface area contributed by atoms with Crippen molar-refractivity contribution in [3.05, 3.63) is 35.4 Å². The molecule has 18 heavy (non-hydrogen) atoms. The highest BCUT2D eigenvalue weighted by Gasteiger charge is 2.30. The maximum absolute atomic E-state index is 5.79. The zero-order valence-corrected chi connectivity index (χ0v) is 12.0. The van der Waals surface area contributed by atoms with E-state index in [0.29, 0.717) is 6.61 Å². The molecular formula is C15H26N2O. The monoisotopic (exact) mass is 250 g/mol. The lowest BCUT2D eigenvalue weighted by molar-refractivity contribution is -0.0392. The van der Waals surface area contributed by atoms with E-state index in [4.69, 9.17) is 10.6 Å². The minimum Gasteiger partial charge on any atom is -0.374 e. The number of ether oxygens (including phenoxy) is 1. The van der Waals surface area contributed by atoms with Crippen LogP contribution in [0, 0.1) is 0 Å². The summed E-state index contributed by atoms with van der Waals surface area (Å²) in [5.74, 6) is 5.72. The van der Waals surface area contributed by atoms with Crippen molar-refractivity contribution in [1.29, 1.82) is 0 Å². The third kappa shape index (κ3) is 3.80. The molecule has 1 unspecified atom stereocenters. The Morgan fingerprint density at radius 1 is 1.33 bits per heavy atom. The zero-order valence-electron chi connectivity index (χ0n) is 12.0. The van der Waals surface area contributed by atoms with Crippen LogP contribution in [0.2, 0.25) is 0 Å². The van der Waals surface area contributed by atoms with Crippen LogP contribution in [0.25, 0.3) is 0 Å². The Morgan fingerprint density at radius 2 is 2.06 bits per heavy atom. The average Bonchev–Trinajstić information content (AvgIpc) is 2.30. The van der Waals surface area contributed by atoms with Gasteiger partial charge in [-0.05, 0) is 38.3 Å². The maximum Gasteiger partial charge on any atom is 0.0833 e. The highest BCUT2D eigenvalue weighted by Crippen LogP contribution is 2.28. The number of hydrogen-bond acceptors (Lipinski definition) is 3. The van der Waals surface area contributed by atoms with Crippen LogP contribution in [0.5, 0.6) is 0 Å². The van der Waals surface area contributed by atoms with Crippen LogP contribution in [-0.4, -0.2) is 12.2 Å². The molecule has 0 amide bonds. The molecule has 0 aliphatic carbocycles. The maximum atomic E-state index is 5.79. The average molecular weight is 250 g/mol. The van der Waals surface area contributed by atoms with Gasteiger partial charge < -0.3 is 4.74 Å². The number of aryl methyl sites for hydroxylation is 1. The first-order chi connectivity index (χ1) is 8.55. The molecule has 0 aliphatic rings. The van der Waals surface area contributed by atoms with Crippen molar-refractivity contribution in [1.82, 2.24) is 5.43 Å². The lowest BCUT2D eigenvalue weighted by atomic mass is 9.90. The van der Waals surface area contributed by atoms with E-state index in [-0.39, 0.29) is 11.6 Å². The Kier molecular flexibility index (Phi) is 5.79. The van der Waals surface area contributed by atoms with E-state index >= 15 is 0 Å². The summed E-state index contributed by atoms with van der Waals surface area (Å²) in [4.78, 5) is 0. The molecule has 3 heteroatoms. The van der Waals surface area contributed by atoms with Crippen LogP contribution < -0.4 is 11.3 Å². The summed E-state index contributed by atoms with van der Waals surface area (Å²) in [6, 6.07) is 8.56. The lowest BCUT2D eigenvalue weighted by Gasteiger charge is -2.34. The van der Waals surface area contributed by atoms with Gasteiger partial charge in [-0.1, -0.05) is 37.6 Å². The summed E-state index contributed by atoms with van der Waals surface area (Å²) in [6.45, 7) is 9.00. The zero-order chi connectivity index (χ0) is 13.6. The van der Waals surface area contributed by atoms with Crippen LogP contribution in [0.3, 0.4) is 0 Å². The van der Waals surface area contributed by atoms with E-state index in [1.54, 1.807) is 0 Å². The van der Waals surface area contributed by atoms with Crippen LogP contribution in [0.15, 0.2) is 24.3 Å².